The van der Waals surface area contributed by atoms with Gasteiger partial charge in [0.2, 0.25) is 0 Å². The maximum Gasteiger partial charge on any atom is 0.396 e. The van der Waals surface area contributed by atoms with E-state index in [1.54, 1.807) is 78.9 Å². The van der Waals surface area contributed by atoms with Crippen LogP contribution in [-0.2, 0) is 0 Å². The van der Waals surface area contributed by atoms with Crippen molar-refractivity contribution in [3.05, 3.63) is 102 Å². The van der Waals surface area contributed by atoms with Crippen molar-refractivity contribution in [2.45, 2.75) is 18.0 Å². The normalized spacial score (nSPS) is 13.4. The summed E-state index contributed by atoms with van der Waals surface area (Å²) in [7, 11) is 3.91. The summed E-state index contributed by atoms with van der Waals surface area (Å²) in [6.45, 7) is 1.28. The summed E-state index contributed by atoms with van der Waals surface area (Å²) in [5.74, 6) is -1.86. The van der Waals surface area contributed by atoms with Crippen LogP contribution in [0.3, 0.4) is 0 Å². The van der Waals surface area contributed by atoms with Gasteiger partial charge in [-0.2, -0.15) is 13.2 Å². The maximum atomic E-state index is 14.3. The molecule has 0 aliphatic carbocycles. The number of benzene rings is 3. The van der Waals surface area contributed by atoms with Crippen LogP contribution in [0.25, 0.3) is 0 Å². The molecule has 0 amide bonds. The highest BCUT2D eigenvalue weighted by molar-refractivity contribution is 5.85. The second kappa shape index (κ2) is 11.2. The van der Waals surface area contributed by atoms with E-state index in [0.717, 1.165) is 6.54 Å². The lowest BCUT2D eigenvalue weighted by Gasteiger charge is -2.30. The Labute approximate surface area is 188 Å². The van der Waals surface area contributed by atoms with Crippen molar-refractivity contribution < 1.29 is 17.9 Å². The zero-order valence-electron chi connectivity index (χ0n) is 17.5. The average molecular weight is 450 g/mol. The van der Waals surface area contributed by atoms with E-state index in [9.17, 15) is 13.2 Å². The van der Waals surface area contributed by atoms with Crippen LogP contribution in [0.15, 0.2) is 84.9 Å². The van der Waals surface area contributed by atoms with Crippen molar-refractivity contribution in [3.8, 4) is 5.75 Å². The summed E-state index contributed by atoms with van der Waals surface area (Å²) < 4.78 is 48.7. The lowest BCUT2D eigenvalue weighted by molar-refractivity contribution is -0.153. The smallest absolute Gasteiger partial charge is 0.396 e. The molecule has 0 fully saturated rings. The van der Waals surface area contributed by atoms with Crippen LogP contribution in [-0.4, -0.2) is 38.3 Å². The summed E-state index contributed by atoms with van der Waals surface area (Å²) in [4.78, 5) is 2.01. The molecule has 0 aromatic heterocycles. The molecule has 0 aliphatic heterocycles. The van der Waals surface area contributed by atoms with E-state index in [4.69, 9.17) is 4.74 Å². The van der Waals surface area contributed by atoms with E-state index in [2.05, 4.69) is 0 Å². The minimum atomic E-state index is -4.40. The van der Waals surface area contributed by atoms with Crippen LogP contribution in [0, 0.1) is 0 Å². The van der Waals surface area contributed by atoms with E-state index < -0.39 is 18.0 Å². The topological polar surface area (TPSA) is 12.5 Å². The molecule has 0 N–H and O–H groups in total. The van der Waals surface area contributed by atoms with Crippen LogP contribution in [0.5, 0.6) is 5.75 Å². The second-order valence-corrected chi connectivity index (χ2v) is 7.54. The Morgan fingerprint density at radius 1 is 0.742 bits per heavy atom. The maximum absolute atomic E-state index is 14.3. The highest BCUT2D eigenvalue weighted by atomic mass is 35.5. The number of halogens is 4. The first-order valence-electron chi connectivity index (χ1n) is 9.90. The molecule has 6 heteroatoms. The van der Waals surface area contributed by atoms with Gasteiger partial charge in [-0.15, -0.1) is 12.4 Å². The fourth-order valence-corrected chi connectivity index (χ4v) is 3.59. The third kappa shape index (κ3) is 6.74. The van der Waals surface area contributed by atoms with E-state index in [1.807, 2.05) is 25.1 Å². The molecule has 3 aromatic rings. The third-order valence-corrected chi connectivity index (χ3v) is 5.05. The van der Waals surface area contributed by atoms with Crippen molar-refractivity contribution >= 4 is 12.4 Å². The first-order chi connectivity index (χ1) is 14.4. The molecule has 2 unspecified atom stereocenters. The predicted octanol–water partition coefficient (Wildman–Crippen LogP) is 6.53. The number of rotatable bonds is 8. The lowest BCUT2D eigenvalue weighted by atomic mass is 9.76. The van der Waals surface area contributed by atoms with Crippen LogP contribution in [0.4, 0.5) is 13.2 Å². The molecule has 2 nitrogen and oxygen atoms in total. The molecule has 166 valence electrons. The van der Waals surface area contributed by atoms with Gasteiger partial charge in [-0.05, 0) is 42.9 Å². The Balaban J connectivity index is 0.00000341. The van der Waals surface area contributed by atoms with Crippen molar-refractivity contribution in [2.75, 3.05) is 27.2 Å². The molecule has 3 rings (SSSR count). The van der Waals surface area contributed by atoms with Gasteiger partial charge < -0.3 is 9.64 Å². The van der Waals surface area contributed by atoms with Gasteiger partial charge in [0.15, 0.2) is 0 Å². The van der Waals surface area contributed by atoms with Gasteiger partial charge >= 0.3 is 6.18 Å². The Morgan fingerprint density at radius 2 is 1.23 bits per heavy atom. The molecule has 0 radical (unpaired) electrons. The zero-order valence-corrected chi connectivity index (χ0v) is 18.4. The Bertz CT molecular complexity index is 900. The van der Waals surface area contributed by atoms with E-state index in [1.165, 1.54) is 0 Å². The average Bonchev–Trinajstić information content (AvgIpc) is 2.73. The highest BCUT2D eigenvalue weighted by Crippen LogP contribution is 2.48. The summed E-state index contributed by atoms with van der Waals surface area (Å²) in [6, 6.07) is 24.0. The fraction of sp³-hybridized carbons (Fsp3) is 0.280. The van der Waals surface area contributed by atoms with Gasteiger partial charge in [-0.1, -0.05) is 72.8 Å². The minimum absolute atomic E-state index is 0. The van der Waals surface area contributed by atoms with Crippen LogP contribution in [0.1, 0.15) is 28.5 Å². The molecule has 0 spiro atoms. The molecule has 31 heavy (non-hydrogen) atoms. The third-order valence-electron chi connectivity index (χ3n) is 5.05. The first kappa shape index (κ1) is 24.8. The monoisotopic (exact) mass is 449 g/mol. The van der Waals surface area contributed by atoms with Crippen molar-refractivity contribution in [1.29, 1.82) is 0 Å². The summed E-state index contributed by atoms with van der Waals surface area (Å²) in [5, 5.41) is 0. The molecule has 0 heterocycles. The largest absolute Gasteiger partial charge is 0.492 e. The molecule has 0 saturated heterocycles. The van der Waals surface area contributed by atoms with Gasteiger partial charge in [-0.3, -0.25) is 0 Å². The van der Waals surface area contributed by atoms with Crippen LogP contribution in [0.2, 0.25) is 0 Å². The van der Waals surface area contributed by atoms with Crippen LogP contribution >= 0.6 is 12.4 Å². The molecule has 0 aliphatic rings. The number of ether oxygens (including phenoxy) is 1. The number of alkyl halides is 3. The lowest BCUT2D eigenvalue weighted by Crippen LogP contribution is -2.28. The van der Waals surface area contributed by atoms with Gasteiger partial charge in [0.05, 0.1) is 5.92 Å². The molecule has 2 atom stereocenters. The number of hydrogen-bond acceptors (Lipinski definition) is 2. The highest BCUT2D eigenvalue weighted by Gasteiger charge is 2.46. The van der Waals surface area contributed by atoms with Gasteiger partial charge in [0.1, 0.15) is 12.4 Å². The number of hydrogen-bond donors (Lipinski definition) is 0. The standard InChI is InChI=1S/C25H26F3NO.ClH/c1-29(2)17-18-30-22-15-13-20(14-16-22)23(19-9-5-3-6-10-19)24(25(26,27)28)21-11-7-4-8-12-21;/h3-16,23-24H,17-18H2,1-2H3;1H. The second-order valence-electron chi connectivity index (χ2n) is 7.54. The van der Waals surface area contributed by atoms with Gasteiger partial charge in [0, 0.05) is 12.5 Å². The van der Waals surface area contributed by atoms with Gasteiger partial charge in [-0.25, -0.2) is 0 Å². The molecule has 3 aromatic carbocycles. The van der Waals surface area contributed by atoms with E-state index >= 15 is 0 Å². The quantitative estimate of drug-likeness (QED) is 0.388. The number of nitrogens with zero attached hydrogens (tertiary/aromatic N) is 1. The minimum Gasteiger partial charge on any atom is -0.492 e. The van der Waals surface area contributed by atoms with E-state index in [0.29, 0.717) is 23.5 Å². The SMILES string of the molecule is CN(C)CCOc1ccc(C(c2ccccc2)C(c2ccccc2)C(F)(F)F)cc1.Cl. The Morgan fingerprint density at radius 3 is 1.71 bits per heavy atom. The summed E-state index contributed by atoms with van der Waals surface area (Å²) in [6.07, 6.45) is -4.40. The van der Waals surface area contributed by atoms with Crippen molar-refractivity contribution in [2.24, 2.45) is 0 Å². The number of likely N-dealkylation sites (N-methyl/N-ethyl adjacent to an activating group) is 1. The molecule has 0 bridgehead atoms. The van der Waals surface area contributed by atoms with Gasteiger partial charge in [0.25, 0.3) is 0 Å². The summed E-state index contributed by atoms with van der Waals surface area (Å²) in [5.41, 5.74) is 1.49. The summed E-state index contributed by atoms with van der Waals surface area (Å²) >= 11 is 0. The fourth-order valence-electron chi connectivity index (χ4n) is 3.59. The molecule has 0 saturated carbocycles. The Hall–Kier alpha value is -2.50. The van der Waals surface area contributed by atoms with Crippen LogP contribution < -0.4 is 4.74 Å². The Kier molecular flexibility index (Phi) is 8.96. The predicted molar refractivity (Wildman–Crippen MR) is 121 cm³/mol. The van der Waals surface area contributed by atoms with E-state index in [-0.39, 0.29) is 18.0 Å². The van der Waals surface area contributed by atoms with Crippen molar-refractivity contribution in [3.63, 3.8) is 0 Å². The van der Waals surface area contributed by atoms with Crippen molar-refractivity contribution in [1.82, 2.24) is 4.90 Å². The first-order valence-corrected chi connectivity index (χ1v) is 9.90. The molecular weight excluding hydrogens is 423 g/mol. The molecular formula is C25H27ClF3NO. The zero-order chi connectivity index (χ0) is 21.6.